The van der Waals surface area contributed by atoms with E-state index < -0.39 is 0 Å². The molecule has 1 fully saturated rings. The largest absolute Gasteiger partial charge is 0.338 e. The summed E-state index contributed by atoms with van der Waals surface area (Å²) in [6, 6.07) is 2.13. The first-order valence-corrected chi connectivity index (χ1v) is 8.51. The molecule has 2 aromatic heterocycles. The Morgan fingerprint density at radius 2 is 2.33 bits per heavy atom. The fourth-order valence-electron chi connectivity index (χ4n) is 3.07. The first kappa shape index (κ1) is 16.7. The summed E-state index contributed by atoms with van der Waals surface area (Å²) in [6.45, 7) is 8.23. The van der Waals surface area contributed by atoms with Crippen molar-refractivity contribution in [2.75, 3.05) is 18.4 Å². The summed E-state index contributed by atoms with van der Waals surface area (Å²) in [5.41, 5.74) is 2.00. The summed E-state index contributed by atoms with van der Waals surface area (Å²) in [6.07, 6.45) is 6.10. The lowest BCUT2D eigenvalue weighted by Gasteiger charge is -2.23. The first-order valence-electron chi connectivity index (χ1n) is 8.51. The third-order valence-corrected chi connectivity index (χ3v) is 4.39. The zero-order valence-corrected chi connectivity index (χ0v) is 14.5. The number of likely N-dealkylation sites (tertiary alicyclic amines) is 1. The molecule has 24 heavy (non-hydrogen) atoms. The fraction of sp³-hybridized carbons (Fsp3) is 0.588. The number of anilines is 1. The molecule has 1 saturated heterocycles. The Morgan fingerprint density at radius 1 is 1.50 bits per heavy atom. The van der Waals surface area contributed by atoms with Crippen molar-refractivity contribution >= 4 is 11.8 Å². The monoisotopic (exact) mass is 331 g/mol. The molecule has 7 heteroatoms. The van der Waals surface area contributed by atoms with Crippen LogP contribution in [-0.4, -0.2) is 44.9 Å². The molecule has 1 aliphatic heterocycles. The lowest BCUT2D eigenvalue weighted by atomic mass is 10.1. The third-order valence-electron chi connectivity index (χ3n) is 4.39. The molecular formula is C17H25N5O2. The first-order chi connectivity index (χ1) is 11.5. The van der Waals surface area contributed by atoms with Gasteiger partial charge >= 0.3 is 0 Å². The summed E-state index contributed by atoms with van der Waals surface area (Å²) in [5, 5.41) is 11.1. The molecule has 0 spiro atoms. The van der Waals surface area contributed by atoms with E-state index in [9.17, 15) is 4.79 Å². The summed E-state index contributed by atoms with van der Waals surface area (Å²) in [5.74, 6) is 0.632. The van der Waals surface area contributed by atoms with Gasteiger partial charge in [-0.3, -0.25) is 19.7 Å². The third kappa shape index (κ3) is 4.03. The van der Waals surface area contributed by atoms with E-state index in [-0.39, 0.29) is 11.8 Å². The molecular weight excluding hydrogens is 306 g/mol. The highest BCUT2D eigenvalue weighted by Gasteiger charge is 2.27. The maximum atomic E-state index is 12.3. The van der Waals surface area contributed by atoms with Crippen molar-refractivity contribution in [1.29, 1.82) is 0 Å². The van der Waals surface area contributed by atoms with Crippen LogP contribution in [-0.2, 0) is 11.3 Å². The second-order valence-electron chi connectivity index (χ2n) is 6.83. The van der Waals surface area contributed by atoms with Crippen LogP contribution in [0.15, 0.2) is 23.0 Å². The average Bonchev–Trinajstić information content (AvgIpc) is 3.23. The highest BCUT2D eigenvalue weighted by molar-refractivity contribution is 5.91. The van der Waals surface area contributed by atoms with E-state index in [4.69, 9.17) is 4.52 Å². The smallest absolute Gasteiger partial charge is 0.240 e. The molecule has 1 aliphatic rings. The highest BCUT2D eigenvalue weighted by Crippen LogP contribution is 2.20. The van der Waals surface area contributed by atoms with Gasteiger partial charge in [-0.15, -0.1) is 0 Å². The van der Waals surface area contributed by atoms with Crippen LogP contribution in [0, 0.1) is 6.92 Å². The molecule has 0 bridgehead atoms. The van der Waals surface area contributed by atoms with Gasteiger partial charge in [0.05, 0.1) is 25.0 Å². The van der Waals surface area contributed by atoms with Gasteiger partial charge < -0.3 is 4.52 Å². The number of carbonyl (C=O) groups excluding carboxylic acids is 1. The number of hydrogen-bond acceptors (Lipinski definition) is 5. The van der Waals surface area contributed by atoms with Crippen LogP contribution in [0.25, 0.3) is 0 Å². The summed E-state index contributed by atoms with van der Waals surface area (Å²) in [7, 11) is 0. The summed E-state index contributed by atoms with van der Waals surface area (Å²) >= 11 is 0. The maximum Gasteiger partial charge on any atom is 0.240 e. The van der Waals surface area contributed by atoms with E-state index in [1.165, 1.54) is 0 Å². The van der Waals surface area contributed by atoms with Gasteiger partial charge in [0.25, 0.3) is 0 Å². The van der Waals surface area contributed by atoms with Gasteiger partial charge in [0, 0.05) is 18.3 Å². The van der Waals surface area contributed by atoms with Crippen LogP contribution in [0.1, 0.15) is 43.9 Å². The number of aryl methyl sites for hydroxylation is 1. The van der Waals surface area contributed by atoms with Crippen molar-refractivity contribution < 1.29 is 9.32 Å². The molecule has 0 saturated carbocycles. The van der Waals surface area contributed by atoms with E-state index in [1.807, 2.05) is 37.8 Å². The van der Waals surface area contributed by atoms with Gasteiger partial charge in [0.2, 0.25) is 11.8 Å². The molecule has 1 N–H and O–H groups in total. The van der Waals surface area contributed by atoms with Crippen molar-refractivity contribution in [2.24, 2.45) is 0 Å². The number of nitrogens with zero attached hydrogens (tertiary/aromatic N) is 4. The quantitative estimate of drug-likeness (QED) is 0.879. The number of amides is 1. The van der Waals surface area contributed by atoms with Gasteiger partial charge in [0.15, 0.2) is 0 Å². The minimum absolute atomic E-state index is 0.0648. The summed E-state index contributed by atoms with van der Waals surface area (Å²) in [4.78, 5) is 14.5. The molecule has 0 aromatic carbocycles. The predicted molar refractivity (Wildman–Crippen MR) is 90.8 cm³/mol. The number of rotatable bonds is 6. The molecule has 1 atom stereocenters. The van der Waals surface area contributed by atoms with Crippen molar-refractivity contribution in [3.05, 3.63) is 29.7 Å². The van der Waals surface area contributed by atoms with Gasteiger partial charge in [-0.2, -0.15) is 5.10 Å². The molecule has 130 valence electrons. The lowest BCUT2D eigenvalue weighted by Crippen LogP contribution is -2.39. The van der Waals surface area contributed by atoms with Gasteiger partial charge in [-0.1, -0.05) is 19.0 Å². The van der Waals surface area contributed by atoms with Gasteiger partial charge in [-0.05, 0) is 37.8 Å². The van der Waals surface area contributed by atoms with Crippen LogP contribution in [0.5, 0.6) is 0 Å². The average molecular weight is 331 g/mol. The number of aromatic nitrogens is 3. The standard InChI is InChI=1S/C17H25N5O2/c1-12(2)15-7-17(24-20-15)19-16(23)11-21-6-4-5-14(21)10-22-9-13(3)8-18-22/h7-9,12,14H,4-6,10-11H2,1-3H3,(H,19,23)/t14-/m1/s1. The van der Waals surface area contributed by atoms with Crippen LogP contribution < -0.4 is 5.32 Å². The van der Waals surface area contributed by atoms with E-state index in [0.717, 1.165) is 37.2 Å². The second kappa shape index (κ2) is 7.17. The number of nitrogens with one attached hydrogen (secondary N) is 1. The topological polar surface area (TPSA) is 76.2 Å². The van der Waals surface area contributed by atoms with Crippen molar-refractivity contribution in [3.63, 3.8) is 0 Å². The predicted octanol–water partition coefficient (Wildman–Crippen LogP) is 2.41. The maximum absolute atomic E-state index is 12.3. The van der Waals surface area contributed by atoms with Crippen LogP contribution >= 0.6 is 0 Å². The number of hydrogen-bond donors (Lipinski definition) is 1. The molecule has 0 aliphatic carbocycles. The molecule has 1 amide bonds. The molecule has 0 radical (unpaired) electrons. The van der Waals surface area contributed by atoms with Crippen molar-refractivity contribution in [2.45, 2.75) is 52.1 Å². The van der Waals surface area contributed by atoms with Crippen molar-refractivity contribution in [1.82, 2.24) is 19.8 Å². The number of carbonyl (C=O) groups is 1. The second-order valence-corrected chi connectivity index (χ2v) is 6.83. The zero-order valence-electron chi connectivity index (χ0n) is 14.5. The normalized spacial score (nSPS) is 18.4. The minimum atomic E-state index is -0.0648. The Labute approximate surface area is 142 Å². The molecule has 0 unspecified atom stereocenters. The SMILES string of the molecule is Cc1cnn(C[C@H]2CCCN2CC(=O)Nc2cc(C(C)C)no2)c1. The Bertz CT molecular complexity index is 691. The van der Waals surface area contributed by atoms with E-state index in [1.54, 1.807) is 6.07 Å². The minimum Gasteiger partial charge on any atom is -0.338 e. The summed E-state index contributed by atoms with van der Waals surface area (Å²) < 4.78 is 7.13. The fourth-order valence-corrected chi connectivity index (χ4v) is 3.07. The van der Waals surface area contributed by atoms with Gasteiger partial charge in [0.1, 0.15) is 0 Å². The molecule has 7 nitrogen and oxygen atoms in total. The van der Waals surface area contributed by atoms with Crippen LogP contribution in [0.3, 0.4) is 0 Å². The Kier molecular flexibility index (Phi) is 4.99. The van der Waals surface area contributed by atoms with E-state index in [0.29, 0.717) is 18.5 Å². The van der Waals surface area contributed by atoms with Crippen LogP contribution in [0.4, 0.5) is 5.88 Å². The lowest BCUT2D eigenvalue weighted by molar-refractivity contribution is -0.117. The van der Waals surface area contributed by atoms with E-state index in [2.05, 4.69) is 20.5 Å². The Balaban J connectivity index is 1.54. The Hall–Kier alpha value is -2.15. The van der Waals surface area contributed by atoms with Gasteiger partial charge in [-0.25, -0.2) is 0 Å². The zero-order chi connectivity index (χ0) is 17.1. The van der Waals surface area contributed by atoms with Crippen LogP contribution in [0.2, 0.25) is 0 Å². The molecule has 3 rings (SSSR count). The van der Waals surface area contributed by atoms with E-state index >= 15 is 0 Å². The highest BCUT2D eigenvalue weighted by atomic mass is 16.5. The van der Waals surface area contributed by atoms with Crippen molar-refractivity contribution in [3.8, 4) is 0 Å². The molecule has 3 heterocycles. The Morgan fingerprint density at radius 3 is 3.00 bits per heavy atom. The molecule has 2 aromatic rings.